The van der Waals surface area contributed by atoms with Gasteiger partial charge < -0.3 is 0 Å². The molecule has 70 valence electrons. The largest absolute Gasteiger partial charge is 0.0682 e. The molecule has 0 unspecified atom stereocenters. The van der Waals surface area contributed by atoms with Gasteiger partial charge in [-0.3, -0.25) is 0 Å². The van der Waals surface area contributed by atoms with E-state index >= 15 is 0 Å². The quantitative estimate of drug-likeness (QED) is 0.629. The Bertz CT molecular complexity index is 270. The Balaban J connectivity index is 2.13. The van der Waals surface area contributed by atoms with Crippen molar-refractivity contribution in [3.8, 4) is 0 Å². The second-order valence-corrected chi connectivity index (χ2v) is 7.43. The van der Waals surface area contributed by atoms with Crippen LogP contribution in [-0.4, -0.2) is 8.80 Å². The van der Waals surface area contributed by atoms with E-state index in [2.05, 4.69) is 37.4 Å². The molecule has 0 heterocycles. The highest BCUT2D eigenvalue weighted by molar-refractivity contribution is 6.70. The molecule has 1 aromatic carbocycles. The molecule has 0 saturated heterocycles. The topological polar surface area (TPSA) is 0 Å². The Morgan fingerprint density at radius 2 is 1.69 bits per heavy atom. The average molecular weight is 190 g/mol. The fourth-order valence-electron chi connectivity index (χ4n) is 1.89. The van der Waals surface area contributed by atoms with Gasteiger partial charge >= 0.3 is 0 Å². The van der Waals surface area contributed by atoms with Crippen LogP contribution in [0.3, 0.4) is 0 Å². The van der Waals surface area contributed by atoms with Crippen LogP contribution in [0.2, 0.25) is 13.1 Å². The first-order valence-corrected chi connectivity index (χ1v) is 8.26. The third-order valence-corrected chi connectivity index (χ3v) is 4.90. The van der Waals surface area contributed by atoms with Crippen molar-refractivity contribution >= 4 is 14.0 Å². The van der Waals surface area contributed by atoms with Gasteiger partial charge in [-0.25, -0.2) is 0 Å². The standard InChI is InChI=1S/C12H18Si/c1-13(2)12-8-6-11(7-9-12)10-4-3-5-10/h6-10,13H,3-5H2,1-2H3. The van der Waals surface area contributed by atoms with Gasteiger partial charge in [0.15, 0.2) is 0 Å². The molecule has 0 radical (unpaired) electrons. The summed E-state index contributed by atoms with van der Waals surface area (Å²) in [7, 11) is -0.572. The van der Waals surface area contributed by atoms with Crippen molar-refractivity contribution in [2.75, 3.05) is 0 Å². The van der Waals surface area contributed by atoms with Crippen molar-refractivity contribution in [2.45, 2.75) is 38.3 Å². The molecule has 1 aliphatic rings. The molecule has 0 aliphatic heterocycles. The highest BCUT2D eigenvalue weighted by Crippen LogP contribution is 2.35. The summed E-state index contributed by atoms with van der Waals surface area (Å²) in [4.78, 5) is 0. The van der Waals surface area contributed by atoms with Crippen LogP contribution < -0.4 is 5.19 Å². The Hall–Kier alpha value is -0.563. The number of benzene rings is 1. The van der Waals surface area contributed by atoms with E-state index in [1.54, 1.807) is 10.8 Å². The van der Waals surface area contributed by atoms with E-state index in [1.807, 2.05) is 0 Å². The number of hydrogen-bond acceptors (Lipinski definition) is 0. The van der Waals surface area contributed by atoms with Crippen LogP contribution in [0.25, 0.3) is 0 Å². The second-order valence-electron chi connectivity index (χ2n) is 4.45. The maximum absolute atomic E-state index is 2.39. The first-order chi connectivity index (χ1) is 6.27. The Morgan fingerprint density at radius 3 is 2.08 bits per heavy atom. The third-order valence-electron chi connectivity index (χ3n) is 3.18. The van der Waals surface area contributed by atoms with Gasteiger partial charge in [-0.1, -0.05) is 49.0 Å². The SMILES string of the molecule is C[SiH](C)c1ccc(C2CCC2)cc1. The summed E-state index contributed by atoms with van der Waals surface area (Å²) >= 11 is 0. The molecule has 0 N–H and O–H groups in total. The van der Waals surface area contributed by atoms with Crippen molar-refractivity contribution in [2.24, 2.45) is 0 Å². The van der Waals surface area contributed by atoms with E-state index in [0.29, 0.717) is 0 Å². The summed E-state index contributed by atoms with van der Waals surface area (Å²) in [6.45, 7) is 4.77. The van der Waals surface area contributed by atoms with Gasteiger partial charge in [-0.05, 0) is 24.3 Å². The molecule has 1 aliphatic carbocycles. The van der Waals surface area contributed by atoms with E-state index in [4.69, 9.17) is 0 Å². The van der Waals surface area contributed by atoms with Crippen molar-refractivity contribution in [1.82, 2.24) is 0 Å². The van der Waals surface area contributed by atoms with Gasteiger partial charge in [0.25, 0.3) is 0 Å². The molecule has 0 aromatic heterocycles. The highest BCUT2D eigenvalue weighted by atomic mass is 28.3. The third kappa shape index (κ3) is 1.85. The van der Waals surface area contributed by atoms with Crippen LogP contribution in [-0.2, 0) is 0 Å². The van der Waals surface area contributed by atoms with Crippen molar-refractivity contribution in [3.63, 3.8) is 0 Å². The van der Waals surface area contributed by atoms with Gasteiger partial charge in [0, 0.05) is 0 Å². The predicted molar refractivity (Wildman–Crippen MR) is 61.5 cm³/mol. The van der Waals surface area contributed by atoms with Gasteiger partial charge in [0.2, 0.25) is 0 Å². The number of hydrogen-bond donors (Lipinski definition) is 0. The van der Waals surface area contributed by atoms with E-state index in [0.717, 1.165) is 5.92 Å². The minimum atomic E-state index is -0.572. The molecule has 1 saturated carbocycles. The molecule has 13 heavy (non-hydrogen) atoms. The zero-order chi connectivity index (χ0) is 9.26. The lowest BCUT2D eigenvalue weighted by molar-refractivity contribution is 0.420. The average Bonchev–Trinajstić information content (AvgIpc) is 2.02. The zero-order valence-corrected chi connectivity index (χ0v) is 9.74. The van der Waals surface area contributed by atoms with Crippen LogP contribution in [0.4, 0.5) is 0 Å². The Labute approximate surface area is 82.6 Å². The smallest absolute Gasteiger partial charge is 0.0647 e. The maximum Gasteiger partial charge on any atom is 0.0647 e. The molecule has 1 heteroatoms. The minimum Gasteiger partial charge on any atom is -0.0682 e. The lowest BCUT2D eigenvalue weighted by Gasteiger charge is -2.26. The van der Waals surface area contributed by atoms with E-state index < -0.39 is 8.80 Å². The van der Waals surface area contributed by atoms with E-state index in [9.17, 15) is 0 Å². The summed E-state index contributed by atoms with van der Waals surface area (Å²) in [6.07, 6.45) is 4.27. The van der Waals surface area contributed by atoms with Crippen LogP contribution >= 0.6 is 0 Å². The molecule has 0 spiro atoms. The Morgan fingerprint density at radius 1 is 1.08 bits per heavy atom. The molecular weight excluding hydrogens is 172 g/mol. The fraction of sp³-hybridized carbons (Fsp3) is 0.500. The summed E-state index contributed by atoms with van der Waals surface area (Å²) in [5.74, 6) is 0.892. The zero-order valence-electron chi connectivity index (χ0n) is 8.59. The normalized spacial score (nSPS) is 17.5. The van der Waals surface area contributed by atoms with Crippen LogP contribution in [0.15, 0.2) is 24.3 Å². The van der Waals surface area contributed by atoms with Crippen molar-refractivity contribution in [1.29, 1.82) is 0 Å². The lowest BCUT2D eigenvalue weighted by Crippen LogP contribution is -2.22. The summed E-state index contributed by atoms with van der Waals surface area (Å²) in [5, 5.41) is 1.60. The molecule has 0 nitrogen and oxygen atoms in total. The highest BCUT2D eigenvalue weighted by Gasteiger charge is 2.18. The molecule has 0 amide bonds. The summed E-state index contributed by atoms with van der Waals surface area (Å²) in [5.41, 5.74) is 1.57. The fourth-order valence-corrected chi connectivity index (χ4v) is 2.86. The van der Waals surface area contributed by atoms with Crippen LogP contribution in [0.1, 0.15) is 30.7 Å². The van der Waals surface area contributed by atoms with Crippen LogP contribution in [0.5, 0.6) is 0 Å². The first kappa shape index (κ1) is 9.01. The Kier molecular flexibility index (Phi) is 2.54. The van der Waals surface area contributed by atoms with Gasteiger partial charge in [0.1, 0.15) is 0 Å². The van der Waals surface area contributed by atoms with Crippen LogP contribution in [0, 0.1) is 0 Å². The molecular formula is C12H18Si. The molecule has 1 aromatic rings. The maximum atomic E-state index is 2.39. The molecule has 1 fully saturated rings. The van der Waals surface area contributed by atoms with E-state index in [1.165, 1.54) is 19.3 Å². The first-order valence-electron chi connectivity index (χ1n) is 5.37. The summed E-state index contributed by atoms with van der Waals surface area (Å²) in [6, 6.07) is 9.41. The molecule has 2 rings (SSSR count). The predicted octanol–water partition coefficient (Wildman–Crippen LogP) is 2.65. The molecule has 0 atom stereocenters. The monoisotopic (exact) mass is 190 g/mol. The van der Waals surface area contributed by atoms with Gasteiger partial charge in [-0.2, -0.15) is 0 Å². The van der Waals surface area contributed by atoms with Crippen molar-refractivity contribution < 1.29 is 0 Å². The van der Waals surface area contributed by atoms with Gasteiger partial charge in [-0.15, -0.1) is 0 Å². The van der Waals surface area contributed by atoms with E-state index in [-0.39, 0.29) is 0 Å². The lowest BCUT2D eigenvalue weighted by atomic mass is 9.80. The van der Waals surface area contributed by atoms with Crippen molar-refractivity contribution in [3.05, 3.63) is 29.8 Å². The van der Waals surface area contributed by atoms with Gasteiger partial charge in [0.05, 0.1) is 8.80 Å². The number of rotatable bonds is 2. The molecule has 0 bridgehead atoms. The minimum absolute atomic E-state index is 0.572. The summed E-state index contributed by atoms with van der Waals surface area (Å²) < 4.78 is 0. The second kappa shape index (κ2) is 3.67.